The minimum absolute atomic E-state index is 0.0747. The number of carbonyl (C=O) groups excluding carboxylic acids is 1. The van der Waals surface area contributed by atoms with Gasteiger partial charge in [0.1, 0.15) is 17.3 Å². The first-order valence-electron chi connectivity index (χ1n) is 5.93. The maximum absolute atomic E-state index is 11.9. The maximum atomic E-state index is 11.9. The SMILES string of the molecule is CC(=N)C(C#N)C(=O)CSc1ncnc2ccccc12. The molecule has 0 radical (unpaired) electrons. The number of hydrogen-bond donors (Lipinski definition) is 1. The lowest BCUT2D eigenvalue weighted by Gasteiger charge is -2.07. The van der Waals surface area contributed by atoms with Gasteiger partial charge in [-0.1, -0.05) is 30.0 Å². The normalized spacial score (nSPS) is 11.8. The highest BCUT2D eigenvalue weighted by Gasteiger charge is 2.20. The van der Waals surface area contributed by atoms with E-state index in [-0.39, 0.29) is 17.2 Å². The molecule has 6 heteroatoms. The molecule has 0 fully saturated rings. The van der Waals surface area contributed by atoms with E-state index in [1.54, 1.807) is 0 Å². The molecule has 2 rings (SSSR count). The van der Waals surface area contributed by atoms with Gasteiger partial charge in [0.15, 0.2) is 5.78 Å². The van der Waals surface area contributed by atoms with Crippen molar-refractivity contribution in [3.05, 3.63) is 30.6 Å². The van der Waals surface area contributed by atoms with E-state index in [4.69, 9.17) is 10.7 Å². The summed E-state index contributed by atoms with van der Waals surface area (Å²) in [5.41, 5.74) is 0.892. The Bertz CT molecular complexity index is 702. The molecule has 0 saturated heterocycles. The highest BCUT2D eigenvalue weighted by molar-refractivity contribution is 8.00. The number of nitrogens with one attached hydrogen (secondary N) is 1. The summed E-state index contributed by atoms with van der Waals surface area (Å²) in [6, 6.07) is 9.40. The van der Waals surface area contributed by atoms with Gasteiger partial charge in [0.25, 0.3) is 0 Å². The van der Waals surface area contributed by atoms with Crippen molar-refractivity contribution >= 4 is 34.2 Å². The summed E-state index contributed by atoms with van der Waals surface area (Å²) in [6.07, 6.45) is 1.46. The summed E-state index contributed by atoms with van der Waals surface area (Å²) in [5, 5.41) is 17.9. The molecular weight excluding hydrogens is 272 g/mol. The molecule has 0 saturated carbocycles. The van der Waals surface area contributed by atoms with Crippen LogP contribution >= 0.6 is 11.8 Å². The van der Waals surface area contributed by atoms with E-state index < -0.39 is 5.92 Å². The lowest BCUT2D eigenvalue weighted by atomic mass is 10.0. The number of Topliss-reactive ketones (excluding diaryl/α,β-unsaturated/α-hetero) is 1. The fourth-order valence-electron chi connectivity index (χ4n) is 1.73. The topological polar surface area (TPSA) is 90.5 Å². The lowest BCUT2D eigenvalue weighted by Crippen LogP contribution is -2.21. The summed E-state index contributed by atoms with van der Waals surface area (Å²) in [6.45, 7) is 1.47. The quantitative estimate of drug-likeness (QED) is 0.517. The van der Waals surface area contributed by atoms with Crippen LogP contribution in [0.3, 0.4) is 0 Å². The largest absolute Gasteiger partial charge is 0.308 e. The molecule has 0 aliphatic rings. The van der Waals surface area contributed by atoms with Crippen LogP contribution in [0.1, 0.15) is 6.92 Å². The van der Waals surface area contributed by atoms with Gasteiger partial charge >= 0.3 is 0 Å². The second-order valence-corrected chi connectivity index (χ2v) is 5.16. The lowest BCUT2D eigenvalue weighted by molar-refractivity contribution is -0.117. The number of carbonyl (C=O) groups is 1. The summed E-state index contributed by atoms with van der Waals surface area (Å²) >= 11 is 1.27. The van der Waals surface area contributed by atoms with Crippen molar-refractivity contribution < 1.29 is 4.79 Å². The van der Waals surface area contributed by atoms with Crippen LogP contribution in [0.2, 0.25) is 0 Å². The summed E-state index contributed by atoms with van der Waals surface area (Å²) in [4.78, 5) is 20.2. The van der Waals surface area contributed by atoms with E-state index in [2.05, 4.69) is 9.97 Å². The molecule has 1 N–H and O–H groups in total. The number of rotatable bonds is 5. The first-order chi connectivity index (χ1) is 9.63. The standard InChI is InChI=1S/C14H12N4OS/c1-9(16)11(6-15)13(19)7-20-14-10-4-2-3-5-12(10)17-8-18-14/h2-5,8,11,16H,7H2,1H3. The van der Waals surface area contributed by atoms with Crippen LogP contribution in [0.4, 0.5) is 0 Å². The predicted octanol–water partition coefficient (Wildman–Crippen LogP) is 2.47. The van der Waals surface area contributed by atoms with E-state index in [0.717, 1.165) is 10.9 Å². The molecule has 5 nitrogen and oxygen atoms in total. The molecular formula is C14H12N4OS. The van der Waals surface area contributed by atoms with E-state index in [0.29, 0.717) is 5.03 Å². The third-order valence-corrected chi connectivity index (χ3v) is 3.77. The van der Waals surface area contributed by atoms with Crippen molar-refractivity contribution in [2.45, 2.75) is 11.9 Å². The van der Waals surface area contributed by atoms with Gasteiger partial charge in [-0.15, -0.1) is 0 Å². The third kappa shape index (κ3) is 3.00. The predicted molar refractivity (Wildman–Crippen MR) is 77.8 cm³/mol. The number of benzene rings is 1. The van der Waals surface area contributed by atoms with Crippen LogP contribution in [0.5, 0.6) is 0 Å². The highest BCUT2D eigenvalue weighted by Crippen LogP contribution is 2.24. The zero-order chi connectivity index (χ0) is 14.5. The van der Waals surface area contributed by atoms with Gasteiger partial charge in [-0.05, 0) is 13.0 Å². The van der Waals surface area contributed by atoms with Crippen molar-refractivity contribution in [2.24, 2.45) is 5.92 Å². The Balaban J connectivity index is 2.16. The second kappa shape index (κ2) is 6.26. The number of nitriles is 1. The van der Waals surface area contributed by atoms with Gasteiger partial charge in [-0.25, -0.2) is 9.97 Å². The smallest absolute Gasteiger partial charge is 0.165 e. The number of fused-ring (bicyclic) bond motifs is 1. The minimum atomic E-state index is -0.962. The van der Waals surface area contributed by atoms with Crippen molar-refractivity contribution in [1.82, 2.24) is 9.97 Å². The summed E-state index contributed by atoms with van der Waals surface area (Å²) in [7, 11) is 0. The van der Waals surface area contributed by atoms with E-state index in [9.17, 15) is 4.79 Å². The van der Waals surface area contributed by atoms with Crippen LogP contribution in [0, 0.1) is 22.7 Å². The number of thioether (sulfide) groups is 1. The Morgan fingerprint density at radius 2 is 2.20 bits per heavy atom. The van der Waals surface area contributed by atoms with Crippen LogP contribution in [0.25, 0.3) is 10.9 Å². The minimum Gasteiger partial charge on any atom is -0.308 e. The Kier molecular flexibility index (Phi) is 4.43. The summed E-state index contributed by atoms with van der Waals surface area (Å²) in [5.74, 6) is -1.11. The molecule has 0 aliphatic heterocycles. The molecule has 1 heterocycles. The van der Waals surface area contributed by atoms with Crippen LogP contribution < -0.4 is 0 Å². The molecule has 0 amide bonds. The molecule has 1 atom stereocenters. The number of hydrogen-bond acceptors (Lipinski definition) is 6. The third-order valence-electron chi connectivity index (χ3n) is 2.74. The number of aromatic nitrogens is 2. The van der Waals surface area contributed by atoms with Crippen LogP contribution in [0.15, 0.2) is 35.6 Å². The highest BCUT2D eigenvalue weighted by atomic mass is 32.2. The van der Waals surface area contributed by atoms with Gasteiger partial charge in [0.05, 0.1) is 17.3 Å². The molecule has 1 aromatic heterocycles. The second-order valence-electron chi connectivity index (χ2n) is 4.20. The van der Waals surface area contributed by atoms with Gasteiger partial charge in [-0.2, -0.15) is 5.26 Å². The molecule has 0 bridgehead atoms. The van der Waals surface area contributed by atoms with Crippen molar-refractivity contribution in [1.29, 1.82) is 10.7 Å². The molecule has 1 aromatic carbocycles. The first-order valence-corrected chi connectivity index (χ1v) is 6.92. The van der Waals surface area contributed by atoms with Crippen molar-refractivity contribution in [3.63, 3.8) is 0 Å². The monoisotopic (exact) mass is 284 g/mol. The number of para-hydroxylation sites is 1. The van der Waals surface area contributed by atoms with Crippen LogP contribution in [-0.2, 0) is 4.79 Å². The zero-order valence-electron chi connectivity index (χ0n) is 10.8. The first kappa shape index (κ1) is 14.2. The van der Waals surface area contributed by atoms with E-state index >= 15 is 0 Å². The van der Waals surface area contributed by atoms with E-state index in [1.807, 2.05) is 30.3 Å². The molecule has 0 spiro atoms. The molecule has 2 aromatic rings. The Morgan fingerprint density at radius 3 is 2.90 bits per heavy atom. The molecule has 0 aliphatic carbocycles. The average molecular weight is 284 g/mol. The van der Waals surface area contributed by atoms with Gasteiger partial charge < -0.3 is 5.41 Å². The number of nitrogens with zero attached hydrogens (tertiary/aromatic N) is 3. The molecule has 1 unspecified atom stereocenters. The van der Waals surface area contributed by atoms with Gasteiger partial charge in [-0.3, -0.25) is 4.79 Å². The molecule has 100 valence electrons. The Hall–Kier alpha value is -2.26. The van der Waals surface area contributed by atoms with Gasteiger partial charge in [0.2, 0.25) is 0 Å². The zero-order valence-corrected chi connectivity index (χ0v) is 11.6. The fourth-order valence-corrected chi connectivity index (χ4v) is 2.62. The van der Waals surface area contributed by atoms with Crippen LogP contribution in [-0.4, -0.2) is 27.2 Å². The fraction of sp³-hybridized carbons (Fsp3) is 0.214. The van der Waals surface area contributed by atoms with Gasteiger partial charge in [0, 0.05) is 11.1 Å². The Morgan fingerprint density at radius 1 is 1.45 bits per heavy atom. The molecule has 20 heavy (non-hydrogen) atoms. The number of ketones is 1. The van der Waals surface area contributed by atoms with Crippen molar-refractivity contribution in [3.8, 4) is 6.07 Å². The maximum Gasteiger partial charge on any atom is 0.165 e. The Labute approximate surface area is 120 Å². The van der Waals surface area contributed by atoms with E-state index in [1.165, 1.54) is 25.0 Å². The summed E-state index contributed by atoms with van der Waals surface area (Å²) < 4.78 is 0. The van der Waals surface area contributed by atoms with Crippen molar-refractivity contribution in [2.75, 3.05) is 5.75 Å². The average Bonchev–Trinajstić information content (AvgIpc) is 2.45.